The lowest BCUT2D eigenvalue weighted by Gasteiger charge is -2.31. The summed E-state index contributed by atoms with van der Waals surface area (Å²) in [4.78, 5) is 3.96. The van der Waals surface area contributed by atoms with Gasteiger partial charge in [-0.2, -0.15) is 0 Å². The highest BCUT2D eigenvalue weighted by Crippen LogP contribution is 2.51. The average molecular weight is 779 g/mol. The van der Waals surface area contributed by atoms with E-state index in [-0.39, 0.29) is 5.41 Å². The topological polar surface area (TPSA) is 21.3 Å². The third-order valence-electron chi connectivity index (χ3n) is 13.0. The molecule has 0 saturated carbocycles. The van der Waals surface area contributed by atoms with Gasteiger partial charge in [0.15, 0.2) is 5.58 Å². The summed E-state index contributed by atoms with van der Waals surface area (Å²) in [6.45, 7) is 4.71. The Kier molecular flexibility index (Phi) is 7.70. The van der Waals surface area contributed by atoms with Gasteiger partial charge in [0.25, 0.3) is 0 Å². The molecule has 3 aromatic heterocycles. The van der Waals surface area contributed by atoms with E-state index >= 15 is 0 Å². The zero-order chi connectivity index (χ0) is 39.2. The number of aryl methyl sites for hydroxylation is 1. The summed E-state index contributed by atoms with van der Waals surface area (Å²) in [6, 6.07) is 53.3. The third-order valence-corrected chi connectivity index (χ3v) is 14.3. The summed E-state index contributed by atoms with van der Waals surface area (Å²) in [5.74, 6) is 0. The van der Waals surface area contributed by atoms with Gasteiger partial charge in [-0.1, -0.05) is 135 Å². The lowest BCUT2D eigenvalue weighted by molar-refractivity contribution is 0.660. The van der Waals surface area contributed by atoms with Gasteiger partial charge in [-0.05, 0) is 119 Å². The molecule has 3 heterocycles. The van der Waals surface area contributed by atoms with Crippen LogP contribution in [0.25, 0.3) is 77.4 Å². The highest BCUT2D eigenvalue weighted by molar-refractivity contribution is 7.20. The normalized spacial score (nSPS) is 15.3. The average Bonchev–Trinajstić information content (AvgIpc) is 4.01. The Morgan fingerprint density at radius 1 is 0.610 bits per heavy atom. The number of para-hydroxylation sites is 1. The quantitative estimate of drug-likeness (QED) is 0.168. The monoisotopic (exact) mass is 778 g/mol. The first-order chi connectivity index (χ1) is 29.0. The predicted octanol–water partition coefficient (Wildman–Crippen LogP) is 15.6. The van der Waals surface area contributed by atoms with Gasteiger partial charge in [0.05, 0.1) is 10.2 Å². The van der Waals surface area contributed by atoms with Crippen LogP contribution in [0.4, 0.5) is 11.4 Å². The number of allylic oxidation sites excluding steroid dienone is 5. The smallest absolute Gasteiger partial charge is 0.171 e. The van der Waals surface area contributed by atoms with Crippen molar-refractivity contribution in [3.05, 3.63) is 191 Å². The standard InChI is InChI=1S/C55H42N2OS/c1-55(2)47-17-9-6-14-43(47)46-34-42(32-33-48(46)55)56(39-26-24-38(25-27-39)37-22-20-36(21-23-37)35-12-4-3-5-13-35)40-28-30-41(31-29-40)57-51-44-15-7-10-18-49(44)58-53(51)54-52(57)45-16-8-11-19-50(45)59-54/h3-10,12-18,20-28,30,32-34H,11,19,29,31H2,1-2H3. The van der Waals surface area contributed by atoms with Crippen molar-refractivity contribution in [2.24, 2.45) is 0 Å². The van der Waals surface area contributed by atoms with Crippen LogP contribution in [0.15, 0.2) is 174 Å². The first kappa shape index (κ1) is 34.4. The van der Waals surface area contributed by atoms with Crippen molar-refractivity contribution >= 4 is 66.8 Å². The maximum atomic E-state index is 6.65. The highest BCUT2D eigenvalue weighted by Gasteiger charge is 2.36. The Bertz CT molecular complexity index is 3220. The minimum absolute atomic E-state index is 0.0462. The summed E-state index contributed by atoms with van der Waals surface area (Å²) in [6.07, 6.45) is 13.4. The Morgan fingerprint density at radius 2 is 1.29 bits per heavy atom. The molecule has 3 nitrogen and oxygen atoms in total. The maximum absolute atomic E-state index is 6.65. The molecule has 3 aliphatic rings. The number of thiophene rings is 1. The number of aromatic nitrogens is 1. The molecule has 0 fully saturated rings. The van der Waals surface area contributed by atoms with Crippen molar-refractivity contribution in [3.8, 4) is 33.4 Å². The molecule has 0 spiro atoms. The summed E-state index contributed by atoms with van der Waals surface area (Å²) in [5, 5.41) is 1.17. The van der Waals surface area contributed by atoms with Crippen LogP contribution >= 0.6 is 11.3 Å². The van der Waals surface area contributed by atoms with Gasteiger partial charge < -0.3 is 13.9 Å². The van der Waals surface area contributed by atoms with E-state index in [0.717, 1.165) is 42.5 Å². The fraction of sp³-hybridized carbons (Fsp3) is 0.127. The number of nitrogens with zero attached hydrogens (tertiary/aromatic N) is 2. The van der Waals surface area contributed by atoms with E-state index < -0.39 is 0 Å². The lowest BCUT2D eigenvalue weighted by Crippen LogP contribution is -2.19. The number of rotatable bonds is 6. The molecule has 0 saturated heterocycles. The Labute approximate surface area is 348 Å². The number of anilines is 2. The van der Waals surface area contributed by atoms with Crippen molar-refractivity contribution < 1.29 is 4.42 Å². The maximum Gasteiger partial charge on any atom is 0.171 e. The number of benzene rings is 6. The summed E-state index contributed by atoms with van der Waals surface area (Å²) < 4.78 is 10.4. The number of hydrogen-bond acceptors (Lipinski definition) is 3. The first-order valence-electron chi connectivity index (χ1n) is 20.9. The number of hydrogen-bond donors (Lipinski definition) is 0. The van der Waals surface area contributed by atoms with E-state index in [1.165, 1.54) is 93.1 Å². The molecule has 12 rings (SSSR count). The van der Waals surface area contributed by atoms with Crippen molar-refractivity contribution in [3.63, 3.8) is 0 Å². The fourth-order valence-electron chi connectivity index (χ4n) is 10.0. The molecule has 9 aromatic rings. The molecule has 4 heteroatoms. The molecule has 3 aliphatic carbocycles. The second-order valence-electron chi connectivity index (χ2n) is 16.7. The van der Waals surface area contributed by atoms with Crippen LogP contribution in [0.2, 0.25) is 0 Å². The van der Waals surface area contributed by atoms with Crippen LogP contribution in [-0.4, -0.2) is 4.57 Å². The second-order valence-corrected chi connectivity index (χ2v) is 17.8. The molecule has 0 radical (unpaired) electrons. The summed E-state index contributed by atoms with van der Waals surface area (Å²) in [7, 11) is 0. The van der Waals surface area contributed by atoms with Gasteiger partial charge in [0, 0.05) is 44.0 Å². The SMILES string of the molecule is CC1(C)c2ccccc2-c2cc(N(C3=CC=C(n4c5c6c(sc5c5oc7ccccc7c54)CCC=C6)CC3)c3ccc(-c4ccc(-c5ccccc5)cc4)cc3)ccc21. The van der Waals surface area contributed by atoms with Gasteiger partial charge >= 0.3 is 0 Å². The van der Waals surface area contributed by atoms with E-state index in [1.54, 1.807) is 0 Å². The summed E-state index contributed by atoms with van der Waals surface area (Å²) >= 11 is 1.92. The Morgan fingerprint density at radius 3 is 2.07 bits per heavy atom. The van der Waals surface area contributed by atoms with Gasteiger partial charge in [-0.3, -0.25) is 0 Å². The predicted molar refractivity (Wildman–Crippen MR) is 249 cm³/mol. The Balaban J connectivity index is 0.984. The minimum Gasteiger partial charge on any atom is -0.453 e. The van der Waals surface area contributed by atoms with Crippen molar-refractivity contribution in [1.29, 1.82) is 0 Å². The molecule has 0 unspecified atom stereocenters. The highest BCUT2D eigenvalue weighted by atomic mass is 32.1. The molecule has 59 heavy (non-hydrogen) atoms. The zero-order valence-electron chi connectivity index (χ0n) is 33.2. The molecule has 0 atom stereocenters. The molecule has 6 aromatic carbocycles. The van der Waals surface area contributed by atoms with Crippen LogP contribution in [0.1, 0.15) is 54.7 Å². The van der Waals surface area contributed by atoms with Crippen LogP contribution in [-0.2, 0) is 11.8 Å². The zero-order valence-corrected chi connectivity index (χ0v) is 34.0. The lowest BCUT2D eigenvalue weighted by atomic mass is 9.82. The van der Waals surface area contributed by atoms with Crippen LogP contribution < -0.4 is 4.90 Å². The summed E-state index contributed by atoms with van der Waals surface area (Å²) in [5.41, 5.74) is 21.0. The van der Waals surface area contributed by atoms with Crippen molar-refractivity contribution in [2.45, 2.75) is 44.9 Å². The molecule has 0 aliphatic heterocycles. The number of fused-ring (bicyclic) bond motifs is 10. The first-order valence-corrected chi connectivity index (χ1v) is 21.7. The van der Waals surface area contributed by atoms with Crippen molar-refractivity contribution in [1.82, 2.24) is 4.57 Å². The van der Waals surface area contributed by atoms with Crippen LogP contribution in [0, 0.1) is 0 Å². The molecular weight excluding hydrogens is 737 g/mol. The Hall–Kier alpha value is -6.62. The van der Waals surface area contributed by atoms with E-state index in [0.29, 0.717) is 0 Å². The third kappa shape index (κ3) is 5.33. The van der Waals surface area contributed by atoms with Gasteiger partial charge in [0.1, 0.15) is 11.1 Å². The van der Waals surface area contributed by atoms with E-state index in [9.17, 15) is 0 Å². The molecule has 0 bridgehead atoms. The van der Waals surface area contributed by atoms with Crippen LogP contribution in [0.5, 0.6) is 0 Å². The molecule has 0 N–H and O–H groups in total. The van der Waals surface area contributed by atoms with E-state index in [4.69, 9.17) is 4.42 Å². The van der Waals surface area contributed by atoms with Gasteiger partial charge in [-0.25, -0.2) is 0 Å². The molecular formula is C55H42N2OS. The van der Waals surface area contributed by atoms with E-state index in [2.05, 4.69) is 193 Å². The number of furan rings is 1. The van der Waals surface area contributed by atoms with Crippen LogP contribution in [0.3, 0.4) is 0 Å². The van der Waals surface area contributed by atoms with E-state index in [1.807, 2.05) is 11.3 Å². The molecule has 0 amide bonds. The minimum atomic E-state index is -0.0462. The molecule has 284 valence electrons. The fourth-order valence-corrected chi connectivity index (χ4v) is 11.3. The second kappa shape index (κ2) is 13.2. The van der Waals surface area contributed by atoms with Crippen molar-refractivity contribution in [2.75, 3.05) is 4.90 Å². The largest absolute Gasteiger partial charge is 0.453 e. The van der Waals surface area contributed by atoms with Gasteiger partial charge in [-0.15, -0.1) is 11.3 Å². The van der Waals surface area contributed by atoms with Gasteiger partial charge in [0.2, 0.25) is 0 Å².